The molecule has 0 aromatic heterocycles. The summed E-state index contributed by atoms with van der Waals surface area (Å²) in [6.45, 7) is -1.01. The molecule has 29 heavy (non-hydrogen) atoms. The SMILES string of the molecule is COc1ccc(C(=O)COC(=O)CNS(=O)(=O)c2ccc3c(c2)CCCC3)cc1. The fourth-order valence-corrected chi connectivity index (χ4v) is 4.19. The number of sulfonamides is 1. The summed E-state index contributed by atoms with van der Waals surface area (Å²) in [5.41, 5.74) is 2.58. The van der Waals surface area contributed by atoms with Crippen LogP contribution < -0.4 is 9.46 Å². The second kappa shape index (κ2) is 9.19. The van der Waals surface area contributed by atoms with Gasteiger partial charge in [-0.3, -0.25) is 9.59 Å². The Morgan fingerprint density at radius 1 is 1.00 bits per heavy atom. The van der Waals surface area contributed by atoms with Crippen LogP contribution in [0.1, 0.15) is 34.3 Å². The van der Waals surface area contributed by atoms with Crippen molar-refractivity contribution in [3.63, 3.8) is 0 Å². The smallest absolute Gasteiger partial charge is 0.321 e. The highest BCUT2D eigenvalue weighted by molar-refractivity contribution is 7.89. The first-order valence-electron chi connectivity index (χ1n) is 9.33. The first-order chi connectivity index (χ1) is 13.9. The van der Waals surface area contributed by atoms with Gasteiger partial charge in [-0.15, -0.1) is 0 Å². The Morgan fingerprint density at radius 2 is 1.69 bits per heavy atom. The number of rotatable bonds is 8. The molecule has 0 radical (unpaired) electrons. The maximum Gasteiger partial charge on any atom is 0.321 e. The summed E-state index contributed by atoms with van der Waals surface area (Å²) in [7, 11) is -2.32. The number of benzene rings is 2. The van der Waals surface area contributed by atoms with Crippen molar-refractivity contribution < 1.29 is 27.5 Å². The fourth-order valence-electron chi connectivity index (χ4n) is 3.17. The summed E-state index contributed by atoms with van der Waals surface area (Å²) in [5, 5.41) is 0. The van der Waals surface area contributed by atoms with Gasteiger partial charge in [0.25, 0.3) is 0 Å². The molecule has 0 aliphatic heterocycles. The Kier molecular flexibility index (Phi) is 6.66. The van der Waals surface area contributed by atoms with Crippen molar-refractivity contribution in [3.8, 4) is 5.75 Å². The van der Waals surface area contributed by atoms with E-state index in [1.807, 2.05) is 6.07 Å². The minimum absolute atomic E-state index is 0.125. The van der Waals surface area contributed by atoms with E-state index >= 15 is 0 Å². The molecule has 0 bridgehead atoms. The van der Waals surface area contributed by atoms with Gasteiger partial charge < -0.3 is 9.47 Å². The number of hydrogen-bond acceptors (Lipinski definition) is 6. The van der Waals surface area contributed by atoms with Crippen molar-refractivity contribution >= 4 is 21.8 Å². The molecule has 0 unspecified atom stereocenters. The van der Waals surface area contributed by atoms with Crippen LogP contribution in [0.3, 0.4) is 0 Å². The average Bonchev–Trinajstić information content (AvgIpc) is 2.75. The van der Waals surface area contributed by atoms with E-state index in [4.69, 9.17) is 9.47 Å². The van der Waals surface area contributed by atoms with Crippen LogP contribution in [0.15, 0.2) is 47.4 Å². The number of methoxy groups -OCH3 is 1. The van der Waals surface area contributed by atoms with Crippen LogP contribution in [0, 0.1) is 0 Å². The number of carbonyl (C=O) groups excluding carboxylic acids is 2. The number of esters is 1. The number of carbonyl (C=O) groups is 2. The molecule has 0 spiro atoms. The van der Waals surface area contributed by atoms with Crippen molar-refractivity contribution in [2.24, 2.45) is 0 Å². The van der Waals surface area contributed by atoms with Gasteiger partial charge >= 0.3 is 5.97 Å². The van der Waals surface area contributed by atoms with Crippen LogP contribution in [-0.4, -0.2) is 40.4 Å². The average molecular weight is 417 g/mol. The van der Waals surface area contributed by atoms with E-state index in [9.17, 15) is 18.0 Å². The first-order valence-corrected chi connectivity index (χ1v) is 10.8. The fraction of sp³-hybridized carbons (Fsp3) is 0.333. The van der Waals surface area contributed by atoms with E-state index in [-0.39, 0.29) is 4.90 Å². The predicted molar refractivity (Wildman–Crippen MR) is 107 cm³/mol. The summed E-state index contributed by atoms with van der Waals surface area (Å²) < 4.78 is 37.0. The molecule has 8 heteroatoms. The zero-order valence-corrected chi connectivity index (χ0v) is 17.0. The molecule has 7 nitrogen and oxygen atoms in total. The number of nitrogens with one attached hydrogen (secondary N) is 1. The molecular formula is C21H23NO6S. The lowest BCUT2D eigenvalue weighted by Gasteiger charge is -2.16. The highest BCUT2D eigenvalue weighted by Gasteiger charge is 2.19. The quantitative estimate of drug-likeness (QED) is 0.523. The van der Waals surface area contributed by atoms with Crippen molar-refractivity contribution in [2.75, 3.05) is 20.3 Å². The summed E-state index contributed by atoms with van der Waals surface area (Å²) in [6, 6.07) is 11.4. The van der Waals surface area contributed by atoms with Gasteiger partial charge in [0.1, 0.15) is 12.3 Å². The minimum atomic E-state index is -3.84. The zero-order valence-electron chi connectivity index (χ0n) is 16.1. The number of hydrogen-bond donors (Lipinski definition) is 1. The van der Waals surface area contributed by atoms with Crippen LogP contribution in [0.2, 0.25) is 0 Å². The van der Waals surface area contributed by atoms with Gasteiger partial charge in [-0.25, -0.2) is 8.42 Å². The highest BCUT2D eigenvalue weighted by atomic mass is 32.2. The van der Waals surface area contributed by atoms with Crippen molar-refractivity contribution in [3.05, 3.63) is 59.2 Å². The maximum atomic E-state index is 12.4. The highest BCUT2D eigenvalue weighted by Crippen LogP contribution is 2.24. The van der Waals surface area contributed by atoms with E-state index in [0.29, 0.717) is 11.3 Å². The van der Waals surface area contributed by atoms with Gasteiger partial charge in [-0.05, 0) is 73.2 Å². The summed E-state index contributed by atoms with van der Waals surface area (Å²) in [4.78, 5) is 24.0. The monoisotopic (exact) mass is 417 g/mol. The molecule has 1 aliphatic carbocycles. The molecule has 154 valence electrons. The third kappa shape index (κ3) is 5.42. The summed E-state index contributed by atoms with van der Waals surface area (Å²) in [6.07, 6.45) is 3.96. The normalized spacial score (nSPS) is 13.4. The Balaban J connectivity index is 1.52. The van der Waals surface area contributed by atoms with E-state index in [1.54, 1.807) is 36.4 Å². The summed E-state index contributed by atoms with van der Waals surface area (Å²) in [5.74, 6) is -0.609. The van der Waals surface area contributed by atoms with E-state index in [1.165, 1.54) is 12.7 Å². The van der Waals surface area contributed by atoms with Crippen molar-refractivity contribution in [2.45, 2.75) is 30.6 Å². The second-order valence-electron chi connectivity index (χ2n) is 6.77. The standard InChI is InChI=1S/C21H23NO6S/c1-27-18-9-6-16(7-10-18)20(23)14-28-21(24)13-22-29(25,26)19-11-8-15-4-2-3-5-17(15)12-19/h6-12,22H,2-5,13-14H2,1H3. The summed E-state index contributed by atoms with van der Waals surface area (Å²) >= 11 is 0. The largest absolute Gasteiger partial charge is 0.497 e. The van der Waals surface area contributed by atoms with Crippen LogP contribution in [0.5, 0.6) is 5.75 Å². The molecule has 0 saturated heterocycles. The molecule has 3 rings (SSSR count). The van der Waals surface area contributed by atoms with Gasteiger partial charge in [0, 0.05) is 5.56 Å². The third-order valence-corrected chi connectivity index (χ3v) is 6.21. The number of aryl methyl sites for hydroxylation is 2. The van der Waals surface area contributed by atoms with Crippen LogP contribution >= 0.6 is 0 Å². The second-order valence-corrected chi connectivity index (χ2v) is 8.54. The van der Waals surface area contributed by atoms with Gasteiger partial charge in [0.15, 0.2) is 12.4 Å². The molecule has 0 saturated carbocycles. The third-order valence-electron chi connectivity index (χ3n) is 4.81. The Labute approximate surface area is 170 Å². The molecule has 0 amide bonds. The predicted octanol–water partition coefficient (Wildman–Crippen LogP) is 2.28. The number of ether oxygens (including phenoxy) is 2. The number of Topliss-reactive ketones (excluding diaryl/α,β-unsaturated/α-hetero) is 1. The molecule has 1 N–H and O–H groups in total. The molecule has 2 aromatic rings. The van der Waals surface area contributed by atoms with E-state index < -0.39 is 34.9 Å². The Morgan fingerprint density at radius 3 is 2.38 bits per heavy atom. The van der Waals surface area contributed by atoms with Crippen LogP contribution in [0.4, 0.5) is 0 Å². The van der Waals surface area contributed by atoms with E-state index in [2.05, 4.69) is 4.72 Å². The first kappa shape index (κ1) is 21.0. The van der Waals surface area contributed by atoms with Gasteiger partial charge in [0.05, 0.1) is 12.0 Å². The van der Waals surface area contributed by atoms with Crippen molar-refractivity contribution in [1.82, 2.24) is 4.72 Å². The van der Waals surface area contributed by atoms with Gasteiger partial charge in [0.2, 0.25) is 10.0 Å². The van der Waals surface area contributed by atoms with Gasteiger partial charge in [-0.1, -0.05) is 6.07 Å². The van der Waals surface area contributed by atoms with E-state index in [0.717, 1.165) is 31.2 Å². The lowest BCUT2D eigenvalue weighted by molar-refractivity contribution is -0.141. The number of fused-ring (bicyclic) bond motifs is 1. The number of ketones is 1. The van der Waals surface area contributed by atoms with Crippen LogP contribution in [-0.2, 0) is 32.4 Å². The molecule has 0 atom stereocenters. The molecule has 2 aromatic carbocycles. The Bertz CT molecular complexity index is 998. The molecule has 0 heterocycles. The molecule has 1 aliphatic rings. The van der Waals surface area contributed by atoms with Gasteiger partial charge in [-0.2, -0.15) is 4.72 Å². The maximum absolute atomic E-state index is 12.4. The van der Waals surface area contributed by atoms with Crippen molar-refractivity contribution in [1.29, 1.82) is 0 Å². The van der Waals surface area contributed by atoms with Crippen LogP contribution in [0.25, 0.3) is 0 Å². The lowest BCUT2D eigenvalue weighted by atomic mass is 9.92. The lowest BCUT2D eigenvalue weighted by Crippen LogP contribution is -2.31. The minimum Gasteiger partial charge on any atom is -0.497 e. The zero-order chi connectivity index (χ0) is 20.9. The molecule has 0 fully saturated rings. The Hall–Kier alpha value is -2.71. The topological polar surface area (TPSA) is 98.8 Å². The molecular weight excluding hydrogens is 394 g/mol.